The first kappa shape index (κ1) is 16.0. The van der Waals surface area contributed by atoms with Crippen LogP contribution in [0.25, 0.3) is 0 Å². The quantitative estimate of drug-likeness (QED) is 0.495. The maximum Gasteiger partial charge on any atom is 0.428 e. The van der Waals surface area contributed by atoms with Crippen LogP contribution in [0.2, 0.25) is 0 Å². The summed E-state index contributed by atoms with van der Waals surface area (Å²) in [5.41, 5.74) is 0. The molecule has 0 heterocycles. The minimum Gasteiger partial charge on any atom is -0.311 e. The monoisotopic (exact) mass is 264 g/mol. The van der Waals surface area contributed by atoms with E-state index in [0.29, 0.717) is 12.2 Å². The summed E-state index contributed by atoms with van der Waals surface area (Å²) in [4.78, 5) is 0. The van der Waals surface area contributed by atoms with Crippen LogP contribution in [-0.2, 0) is 9.47 Å². The Morgan fingerprint density at radius 2 is 1.06 bits per heavy atom. The Morgan fingerprint density at radius 1 is 0.765 bits per heavy atom. The molecule has 0 rings (SSSR count). The van der Waals surface area contributed by atoms with Crippen LogP contribution in [0, 0.1) is 0 Å². The number of hydrogen-bond acceptors (Lipinski definition) is 2. The van der Waals surface area contributed by atoms with Crippen molar-refractivity contribution in [2.24, 2.45) is 0 Å². The fourth-order valence-electron chi connectivity index (χ4n) is 0.678. The van der Waals surface area contributed by atoms with Crippen LogP contribution in [-0.4, -0.2) is 31.4 Å². The SMILES string of the molecule is C=CCOC(F)(F)C(F)(F)C(F)(F)OCC=C. The minimum absolute atomic E-state index is 0.715. The predicted octanol–water partition coefficient (Wildman–Crippen LogP) is 3.21. The van der Waals surface area contributed by atoms with Gasteiger partial charge in [-0.15, -0.1) is 13.2 Å². The standard InChI is InChI=1S/C9H10F6O2/c1-3-5-16-8(12,13)7(10,11)9(14,15)17-6-4-2/h3-4H,1-2,5-6H2. The van der Waals surface area contributed by atoms with Crippen molar-refractivity contribution in [2.75, 3.05) is 13.2 Å². The first-order valence-electron chi connectivity index (χ1n) is 4.25. The molecule has 0 N–H and O–H groups in total. The first-order valence-corrected chi connectivity index (χ1v) is 4.25. The molecular formula is C9H10F6O2. The Kier molecular flexibility index (Phi) is 5.21. The van der Waals surface area contributed by atoms with Gasteiger partial charge in [-0.1, -0.05) is 12.2 Å². The Bertz CT molecular complexity index is 251. The summed E-state index contributed by atoms with van der Waals surface area (Å²) in [6, 6.07) is 0. The first-order chi connectivity index (χ1) is 7.62. The number of hydrogen-bond donors (Lipinski definition) is 0. The van der Waals surface area contributed by atoms with Crippen LogP contribution in [0.4, 0.5) is 26.3 Å². The lowest BCUT2D eigenvalue weighted by molar-refractivity contribution is -0.447. The molecule has 0 aliphatic rings. The molecule has 0 aromatic heterocycles. The van der Waals surface area contributed by atoms with Crippen molar-refractivity contribution in [1.29, 1.82) is 0 Å². The molecule has 0 unspecified atom stereocenters. The van der Waals surface area contributed by atoms with Gasteiger partial charge in [-0.2, -0.15) is 26.3 Å². The molecule has 0 aromatic carbocycles. The molecule has 0 radical (unpaired) electrons. The van der Waals surface area contributed by atoms with Crippen molar-refractivity contribution in [3.63, 3.8) is 0 Å². The van der Waals surface area contributed by atoms with E-state index in [9.17, 15) is 26.3 Å². The van der Waals surface area contributed by atoms with E-state index >= 15 is 0 Å². The predicted molar refractivity (Wildman–Crippen MR) is 47.1 cm³/mol. The van der Waals surface area contributed by atoms with E-state index in [1.165, 1.54) is 0 Å². The van der Waals surface area contributed by atoms with E-state index in [0.717, 1.165) is 0 Å². The molecule has 0 bridgehead atoms. The second kappa shape index (κ2) is 5.54. The summed E-state index contributed by atoms with van der Waals surface area (Å²) < 4.78 is 83.1. The smallest absolute Gasteiger partial charge is 0.311 e. The summed E-state index contributed by atoms with van der Waals surface area (Å²) >= 11 is 0. The molecule has 100 valence electrons. The van der Waals surface area contributed by atoms with Crippen molar-refractivity contribution >= 4 is 0 Å². The van der Waals surface area contributed by atoms with Crippen LogP contribution in [0.3, 0.4) is 0 Å². The lowest BCUT2D eigenvalue weighted by Crippen LogP contribution is -2.56. The zero-order valence-electron chi connectivity index (χ0n) is 8.57. The van der Waals surface area contributed by atoms with E-state index < -0.39 is 31.4 Å². The van der Waals surface area contributed by atoms with Crippen LogP contribution in [0.1, 0.15) is 0 Å². The highest BCUT2D eigenvalue weighted by Gasteiger charge is 2.74. The van der Waals surface area contributed by atoms with E-state index in [1.807, 2.05) is 0 Å². The average molecular weight is 264 g/mol. The number of ether oxygens (including phenoxy) is 2. The van der Waals surface area contributed by atoms with Crippen molar-refractivity contribution < 1.29 is 35.8 Å². The molecule has 2 nitrogen and oxygen atoms in total. The summed E-state index contributed by atoms with van der Waals surface area (Å²) in [7, 11) is 0. The average Bonchev–Trinajstić information content (AvgIpc) is 2.23. The van der Waals surface area contributed by atoms with Gasteiger partial charge < -0.3 is 9.47 Å². The van der Waals surface area contributed by atoms with Gasteiger partial charge in [0.2, 0.25) is 0 Å². The van der Waals surface area contributed by atoms with Crippen LogP contribution in [0.5, 0.6) is 0 Å². The Morgan fingerprint density at radius 3 is 1.29 bits per heavy atom. The van der Waals surface area contributed by atoms with E-state index in [4.69, 9.17) is 0 Å². The third-order valence-corrected chi connectivity index (χ3v) is 1.50. The normalized spacial score (nSPS) is 13.5. The highest BCUT2D eigenvalue weighted by molar-refractivity contribution is 4.87. The molecule has 0 saturated heterocycles. The Labute approximate surface area is 93.5 Å². The number of rotatable bonds is 8. The van der Waals surface area contributed by atoms with Crippen molar-refractivity contribution in [3.05, 3.63) is 25.3 Å². The minimum atomic E-state index is -5.81. The zero-order chi connectivity index (χ0) is 13.7. The highest BCUT2D eigenvalue weighted by atomic mass is 19.4. The largest absolute Gasteiger partial charge is 0.428 e. The summed E-state index contributed by atoms with van der Waals surface area (Å²) in [5.74, 6) is -5.81. The van der Waals surface area contributed by atoms with Gasteiger partial charge in [0.1, 0.15) is 0 Å². The summed E-state index contributed by atoms with van der Waals surface area (Å²) in [5, 5.41) is 0. The summed E-state index contributed by atoms with van der Waals surface area (Å²) in [6.45, 7) is 3.82. The maximum atomic E-state index is 12.8. The molecule has 0 aliphatic carbocycles. The molecule has 0 fully saturated rings. The van der Waals surface area contributed by atoms with Crippen molar-refractivity contribution in [2.45, 2.75) is 18.1 Å². The molecule has 0 atom stereocenters. The van der Waals surface area contributed by atoms with Crippen molar-refractivity contribution in [3.8, 4) is 0 Å². The van der Waals surface area contributed by atoms with Crippen LogP contribution in [0.15, 0.2) is 25.3 Å². The summed E-state index contributed by atoms with van der Waals surface area (Å²) in [6.07, 6.45) is -9.34. The molecule has 0 spiro atoms. The third kappa shape index (κ3) is 3.47. The fraction of sp³-hybridized carbons (Fsp3) is 0.556. The molecule has 0 aliphatic heterocycles. The highest BCUT2D eigenvalue weighted by Crippen LogP contribution is 2.46. The second-order valence-electron chi connectivity index (χ2n) is 2.81. The van der Waals surface area contributed by atoms with Crippen molar-refractivity contribution in [1.82, 2.24) is 0 Å². The molecule has 0 aromatic rings. The Balaban J connectivity index is 4.93. The van der Waals surface area contributed by atoms with E-state index in [-0.39, 0.29) is 0 Å². The molecule has 17 heavy (non-hydrogen) atoms. The van der Waals surface area contributed by atoms with E-state index in [2.05, 4.69) is 22.6 Å². The Hall–Kier alpha value is -1.02. The van der Waals surface area contributed by atoms with Gasteiger partial charge in [0.15, 0.2) is 0 Å². The van der Waals surface area contributed by atoms with Gasteiger partial charge in [-0.25, -0.2) is 0 Å². The maximum absolute atomic E-state index is 12.8. The fourth-order valence-corrected chi connectivity index (χ4v) is 0.678. The third-order valence-electron chi connectivity index (χ3n) is 1.50. The van der Waals surface area contributed by atoms with Gasteiger partial charge in [0.25, 0.3) is 0 Å². The molecule has 0 saturated carbocycles. The van der Waals surface area contributed by atoms with E-state index in [1.54, 1.807) is 0 Å². The van der Waals surface area contributed by atoms with Crippen LogP contribution >= 0.6 is 0 Å². The van der Waals surface area contributed by atoms with Gasteiger partial charge in [0.05, 0.1) is 13.2 Å². The number of alkyl halides is 6. The zero-order valence-corrected chi connectivity index (χ0v) is 8.57. The van der Waals surface area contributed by atoms with Crippen LogP contribution < -0.4 is 0 Å². The molecule has 8 heteroatoms. The lowest BCUT2D eigenvalue weighted by atomic mass is 10.3. The topological polar surface area (TPSA) is 18.5 Å². The number of halogens is 6. The van der Waals surface area contributed by atoms with Gasteiger partial charge in [-0.05, 0) is 0 Å². The van der Waals surface area contributed by atoms with Gasteiger partial charge >= 0.3 is 18.1 Å². The molecular weight excluding hydrogens is 254 g/mol. The lowest BCUT2D eigenvalue weighted by Gasteiger charge is -2.31. The molecule has 0 amide bonds. The van der Waals surface area contributed by atoms with Gasteiger partial charge in [-0.3, -0.25) is 0 Å². The van der Waals surface area contributed by atoms with Gasteiger partial charge in [0, 0.05) is 0 Å². The second-order valence-corrected chi connectivity index (χ2v) is 2.81.